The molecule has 0 radical (unpaired) electrons. The highest BCUT2D eigenvalue weighted by molar-refractivity contribution is 5.89. The Morgan fingerprint density at radius 3 is 2.38 bits per heavy atom. The number of nitrogens with one attached hydrogen (secondary N) is 1. The number of aliphatic hydroxyl groups is 5. The third kappa shape index (κ3) is 12.9. The molecule has 23 nitrogen and oxygen atoms in total. The van der Waals surface area contributed by atoms with Gasteiger partial charge in [0, 0.05) is 60.9 Å². The lowest BCUT2D eigenvalue weighted by molar-refractivity contribution is -0.384. The lowest BCUT2D eigenvalue weighted by atomic mass is 9.77. The molecule has 2 aliphatic carbocycles. The molecule has 15 atom stereocenters. The van der Waals surface area contributed by atoms with Crippen LogP contribution in [0.5, 0.6) is 0 Å². The van der Waals surface area contributed by atoms with Crippen molar-refractivity contribution in [1.29, 1.82) is 0 Å². The Balaban J connectivity index is 0.998. The van der Waals surface area contributed by atoms with Crippen LogP contribution in [0, 0.1) is 27.9 Å². The normalized spacial score (nSPS) is 31.4. The quantitative estimate of drug-likeness (QED) is 0.0379. The second-order valence-corrected chi connectivity index (χ2v) is 19.7. The van der Waals surface area contributed by atoms with Crippen LogP contribution in [0.3, 0.4) is 0 Å². The highest BCUT2D eigenvalue weighted by Crippen LogP contribution is 2.39. The topological polar surface area (TPSA) is 319 Å². The molecule has 4 heterocycles. The van der Waals surface area contributed by atoms with Crippen LogP contribution in [0.2, 0.25) is 0 Å². The minimum absolute atomic E-state index is 0.00799. The summed E-state index contributed by atoms with van der Waals surface area (Å²) >= 11 is 0. The zero-order valence-electron chi connectivity index (χ0n) is 40.7. The number of carboxylic acids is 1. The third-order valence-corrected chi connectivity index (χ3v) is 14.6. The largest absolute Gasteiger partial charge is 0.479 e. The summed E-state index contributed by atoms with van der Waals surface area (Å²) in [5.74, 6) is -3.77. The Labute approximate surface area is 420 Å². The number of ether oxygens (including phenoxy) is 6. The van der Waals surface area contributed by atoms with Crippen molar-refractivity contribution in [2.45, 2.75) is 164 Å². The summed E-state index contributed by atoms with van der Waals surface area (Å²) in [6, 6.07) is 14.4. The first-order valence-electron chi connectivity index (χ1n) is 25.1. The van der Waals surface area contributed by atoms with Gasteiger partial charge < -0.3 is 68.9 Å². The summed E-state index contributed by atoms with van der Waals surface area (Å²) in [4.78, 5) is 51.6. The number of rotatable bonds is 20. The molecular weight excluding hydrogens is 957 g/mol. The fraction of sp³-hybridized carbons (Fsp3) is 0.620. The van der Waals surface area contributed by atoms with Crippen LogP contribution < -0.4 is 5.32 Å². The Bertz CT molecular complexity index is 2490. The molecule has 6 unspecified atom stereocenters. The maximum atomic E-state index is 14.1. The SMILES string of the molecule is CC1O[C@@H](OC2[C@H](C)CC(C(=O)NCCc3cn(CCn4ccc5cc([N+](=O)[O-])ccc54)nn3)C[C@H]2O[C@@H]2O[C@@H](CO)[C@H](O)C(O[C@@H](CC3CCCCC3)C(=O)O)C2OC(=O)c2ccccc2)[C@@H](O)C(O)[C@@H]1O. The van der Waals surface area contributed by atoms with Crippen LogP contribution in [0.4, 0.5) is 5.69 Å². The van der Waals surface area contributed by atoms with Gasteiger partial charge in [0.2, 0.25) is 5.91 Å². The van der Waals surface area contributed by atoms with Gasteiger partial charge in [-0.05, 0) is 62.3 Å². The van der Waals surface area contributed by atoms with Crippen LogP contribution in [0.1, 0.15) is 81.3 Å². The van der Waals surface area contributed by atoms with Crippen molar-refractivity contribution >= 4 is 34.4 Å². The average Bonchev–Trinajstić information content (AvgIpc) is 4.03. The van der Waals surface area contributed by atoms with Gasteiger partial charge in [-0.2, -0.15) is 0 Å². The van der Waals surface area contributed by atoms with Crippen molar-refractivity contribution in [2.75, 3.05) is 13.2 Å². The first-order valence-corrected chi connectivity index (χ1v) is 25.1. The van der Waals surface area contributed by atoms with Gasteiger partial charge in [-0.3, -0.25) is 19.6 Å². The first-order chi connectivity index (χ1) is 35.1. The molecule has 2 saturated carbocycles. The molecule has 4 fully saturated rings. The molecule has 4 aliphatic rings. The number of aliphatic hydroxyl groups excluding tert-OH is 5. The minimum atomic E-state index is -1.71. The van der Waals surface area contributed by atoms with E-state index in [9.17, 15) is 55.1 Å². The van der Waals surface area contributed by atoms with Crippen molar-refractivity contribution in [3.05, 3.63) is 88.4 Å². The van der Waals surface area contributed by atoms with Crippen molar-refractivity contribution in [3.63, 3.8) is 0 Å². The number of carbonyl (C=O) groups excluding carboxylic acids is 2. The molecule has 73 heavy (non-hydrogen) atoms. The molecule has 0 spiro atoms. The number of hydrogen-bond acceptors (Lipinski definition) is 18. The van der Waals surface area contributed by atoms with Gasteiger partial charge in [0.1, 0.15) is 36.6 Å². The van der Waals surface area contributed by atoms with E-state index in [4.69, 9.17) is 28.4 Å². The molecule has 2 saturated heterocycles. The monoisotopic (exact) mass is 1020 g/mol. The molecule has 23 heteroatoms. The number of nitro benzene ring substituents is 1. The zero-order chi connectivity index (χ0) is 51.9. The molecule has 1 amide bonds. The number of aliphatic carboxylic acids is 1. The average molecular weight is 1020 g/mol. The maximum absolute atomic E-state index is 14.1. The number of carbonyl (C=O) groups is 3. The number of nitrogens with zero attached hydrogens (tertiary/aromatic N) is 5. The van der Waals surface area contributed by atoms with Crippen LogP contribution in [0.25, 0.3) is 10.9 Å². The minimum Gasteiger partial charge on any atom is -0.479 e. The van der Waals surface area contributed by atoms with Crippen molar-refractivity contribution < 1.29 is 78.4 Å². The molecule has 4 aromatic rings. The van der Waals surface area contributed by atoms with E-state index < -0.39 is 115 Å². The number of benzene rings is 2. The summed E-state index contributed by atoms with van der Waals surface area (Å²) in [5.41, 5.74) is 1.57. The van der Waals surface area contributed by atoms with Crippen LogP contribution in [-0.2, 0) is 57.5 Å². The zero-order valence-corrected chi connectivity index (χ0v) is 40.7. The van der Waals surface area contributed by atoms with E-state index in [1.807, 2.05) is 16.8 Å². The number of non-ortho nitro benzene ring substituents is 1. The number of amides is 1. The molecule has 2 aromatic heterocycles. The lowest BCUT2D eigenvalue weighted by Crippen LogP contribution is -2.64. The van der Waals surface area contributed by atoms with Gasteiger partial charge in [0.15, 0.2) is 24.8 Å². The van der Waals surface area contributed by atoms with E-state index in [-0.39, 0.29) is 48.9 Å². The van der Waals surface area contributed by atoms with Crippen LogP contribution >= 0.6 is 0 Å². The van der Waals surface area contributed by atoms with Crippen molar-refractivity contribution in [3.8, 4) is 0 Å². The van der Waals surface area contributed by atoms with E-state index in [0.717, 1.165) is 43.0 Å². The number of nitro groups is 1. The Kier molecular flexibility index (Phi) is 17.9. The fourth-order valence-electron chi connectivity index (χ4n) is 10.5. The fourth-order valence-corrected chi connectivity index (χ4v) is 10.5. The van der Waals surface area contributed by atoms with Crippen molar-refractivity contribution in [2.24, 2.45) is 17.8 Å². The molecule has 2 aromatic carbocycles. The number of aryl methyl sites for hydroxylation is 2. The van der Waals surface area contributed by atoms with Crippen molar-refractivity contribution in [1.82, 2.24) is 24.9 Å². The van der Waals surface area contributed by atoms with E-state index in [2.05, 4.69) is 15.6 Å². The van der Waals surface area contributed by atoms with Gasteiger partial charge >= 0.3 is 11.9 Å². The van der Waals surface area contributed by atoms with Gasteiger partial charge in [-0.1, -0.05) is 62.4 Å². The third-order valence-electron chi connectivity index (χ3n) is 14.6. The first kappa shape index (κ1) is 53.8. The standard InChI is InChI=1S/C50H66N6O17/c1-27-21-32(46(62)51-17-15-33-25-55(53-52-33)20-19-54-18-16-31-23-34(56(66)67)13-14-35(31)54)24-36(43(27)73-49-42(61)41(60)39(58)28(2)68-49)70-50-45(72-48(65)30-11-7-4-8-12-30)44(40(59)38(26-57)71-50)69-37(47(63)64)22-29-9-5-3-6-10-29/h4,7-8,11-14,16,18,23,25,27-29,32,36-45,49-50,57-61H,3,5-6,9-10,15,17,19-22,24,26H2,1-2H3,(H,51,62)(H,63,64)/t27-,28?,32?,36-,37+,38+,39-,40+,41?,42+,43?,44?,45?,49+,50-/m1/s1. The predicted octanol–water partition coefficient (Wildman–Crippen LogP) is 2.26. The number of hydrogen-bond donors (Lipinski definition) is 7. The smallest absolute Gasteiger partial charge is 0.338 e. The molecule has 8 rings (SSSR count). The molecule has 0 bridgehead atoms. The summed E-state index contributed by atoms with van der Waals surface area (Å²) in [5, 5.41) is 88.4. The van der Waals surface area contributed by atoms with Gasteiger partial charge in [-0.15, -0.1) is 5.10 Å². The Morgan fingerprint density at radius 2 is 1.66 bits per heavy atom. The van der Waals surface area contributed by atoms with Gasteiger partial charge in [0.05, 0.1) is 47.6 Å². The Morgan fingerprint density at radius 1 is 0.890 bits per heavy atom. The number of esters is 1. The van der Waals surface area contributed by atoms with Crippen LogP contribution in [0.15, 0.2) is 67.0 Å². The summed E-state index contributed by atoms with van der Waals surface area (Å²) in [6.07, 6.45) is -10.2. The highest BCUT2D eigenvalue weighted by Gasteiger charge is 2.54. The van der Waals surface area contributed by atoms with E-state index in [1.165, 1.54) is 31.2 Å². The van der Waals surface area contributed by atoms with Crippen LogP contribution in [-0.4, -0.2) is 166 Å². The second kappa shape index (κ2) is 24.3. The summed E-state index contributed by atoms with van der Waals surface area (Å²) < 4.78 is 41.0. The van der Waals surface area contributed by atoms with E-state index >= 15 is 0 Å². The molecule has 7 N–H and O–H groups in total. The lowest BCUT2D eigenvalue weighted by Gasteiger charge is -2.48. The Hall–Kier alpha value is -5.47. The number of carboxylic acid groups (broad SMARTS) is 1. The maximum Gasteiger partial charge on any atom is 0.338 e. The predicted molar refractivity (Wildman–Crippen MR) is 254 cm³/mol. The van der Waals surface area contributed by atoms with Gasteiger partial charge in [0.25, 0.3) is 5.69 Å². The second-order valence-electron chi connectivity index (χ2n) is 19.7. The molecular formula is C50H66N6O17. The summed E-state index contributed by atoms with van der Waals surface area (Å²) in [6.45, 7) is 3.65. The van der Waals surface area contributed by atoms with E-state index in [1.54, 1.807) is 42.1 Å². The summed E-state index contributed by atoms with van der Waals surface area (Å²) in [7, 11) is 0. The molecule has 398 valence electrons. The molecule has 2 aliphatic heterocycles. The van der Waals surface area contributed by atoms with Gasteiger partial charge in [-0.25, -0.2) is 9.59 Å². The number of aromatic nitrogens is 4. The van der Waals surface area contributed by atoms with E-state index in [0.29, 0.717) is 25.2 Å². The highest BCUT2D eigenvalue weighted by atomic mass is 16.7. The number of fused-ring (bicyclic) bond motifs is 1.